The SMILES string of the molecule is O=C(O)CCc1ccc2c(c1)[nH]c1ccncc12. The van der Waals surface area contributed by atoms with E-state index >= 15 is 0 Å². The molecule has 2 N–H and O–H groups in total. The Morgan fingerprint density at radius 1 is 1.22 bits per heavy atom. The summed E-state index contributed by atoms with van der Waals surface area (Å²) in [6.07, 6.45) is 4.31. The number of hydrogen-bond donors (Lipinski definition) is 2. The van der Waals surface area contributed by atoms with Crippen molar-refractivity contribution in [2.45, 2.75) is 12.8 Å². The van der Waals surface area contributed by atoms with Crippen LogP contribution in [0.5, 0.6) is 0 Å². The van der Waals surface area contributed by atoms with Gasteiger partial charge in [-0.2, -0.15) is 0 Å². The minimum Gasteiger partial charge on any atom is -0.481 e. The van der Waals surface area contributed by atoms with Crippen LogP contribution in [0, 0.1) is 0 Å². The number of nitrogens with zero attached hydrogens (tertiary/aromatic N) is 1. The molecule has 0 atom stereocenters. The van der Waals surface area contributed by atoms with E-state index in [4.69, 9.17) is 5.11 Å². The zero-order valence-electron chi connectivity index (χ0n) is 9.68. The van der Waals surface area contributed by atoms with Crippen molar-refractivity contribution < 1.29 is 9.90 Å². The zero-order chi connectivity index (χ0) is 12.5. The van der Waals surface area contributed by atoms with E-state index in [2.05, 4.69) is 9.97 Å². The number of fused-ring (bicyclic) bond motifs is 3. The lowest BCUT2D eigenvalue weighted by Crippen LogP contribution is -1.97. The van der Waals surface area contributed by atoms with E-state index in [1.807, 2.05) is 30.5 Å². The van der Waals surface area contributed by atoms with Crippen molar-refractivity contribution in [3.8, 4) is 0 Å². The molecule has 0 bridgehead atoms. The second kappa shape index (κ2) is 4.14. The maximum Gasteiger partial charge on any atom is 0.303 e. The van der Waals surface area contributed by atoms with Crippen LogP contribution in [0.4, 0.5) is 0 Å². The molecule has 0 spiro atoms. The highest BCUT2D eigenvalue weighted by Crippen LogP contribution is 2.25. The van der Waals surface area contributed by atoms with Crippen LogP contribution in [-0.2, 0) is 11.2 Å². The second-order valence-electron chi connectivity index (χ2n) is 4.32. The molecule has 3 rings (SSSR count). The minimum absolute atomic E-state index is 0.160. The van der Waals surface area contributed by atoms with Gasteiger partial charge in [0, 0.05) is 40.6 Å². The molecule has 18 heavy (non-hydrogen) atoms. The van der Waals surface area contributed by atoms with Crippen molar-refractivity contribution in [1.29, 1.82) is 0 Å². The van der Waals surface area contributed by atoms with Crippen LogP contribution in [0.2, 0.25) is 0 Å². The number of carboxylic acid groups (broad SMARTS) is 1. The van der Waals surface area contributed by atoms with Gasteiger partial charge in [0.15, 0.2) is 0 Å². The Morgan fingerprint density at radius 3 is 2.94 bits per heavy atom. The summed E-state index contributed by atoms with van der Waals surface area (Å²) in [5, 5.41) is 10.9. The first-order valence-electron chi connectivity index (χ1n) is 5.80. The highest BCUT2D eigenvalue weighted by Gasteiger charge is 2.05. The van der Waals surface area contributed by atoms with Gasteiger partial charge in [0.2, 0.25) is 0 Å². The van der Waals surface area contributed by atoms with E-state index in [0.717, 1.165) is 27.4 Å². The van der Waals surface area contributed by atoms with Gasteiger partial charge in [-0.25, -0.2) is 0 Å². The van der Waals surface area contributed by atoms with Crippen LogP contribution in [0.3, 0.4) is 0 Å². The second-order valence-corrected chi connectivity index (χ2v) is 4.32. The zero-order valence-corrected chi connectivity index (χ0v) is 9.68. The molecule has 0 aliphatic rings. The Labute approximate surface area is 103 Å². The number of aliphatic carboxylic acids is 1. The first kappa shape index (κ1) is 10.8. The van der Waals surface area contributed by atoms with E-state index in [1.54, 1.807) is 6.20 Å². The van der Waals surface area contributed by atoms with Gasteiger partial charge in [0.1, 0.15) is 0 Å². The molecular weight excluding hydrogens is 228 g/mol. The van der Waals surface area contributed by atoms with Gasteiger partial charge in [0.05, 0.1) is 0 Å². The molecule has 0 radical (unpaired) electrons. The molecule has 1 aromatic carbocycles. The Balaban J connectivity index is 2.07. The van der Waals surface area contributed by atoms with Gasteiger partial charge < -0.3 is 10.1 Å². The number of H-pyrrole nitrogens is 1. The minimum atomic E-state index is -0.768. The van der Waals surface area contributed by atoms with Crippen LogP contribution >= 0.6 is 0 Å². The molecule has 0 unspecified atom stereocenters. The van der Waals surface area contributed by atoms with Crippen molar-refractivity contribution in [2.24, 2.45) is 0 Å². The quantitative estimate of drug-likeness (QED) is 0.739. The third-order valence-electron chi connectivity index (χ3n) is 3.09. The first-order valence-corrected chi connectivity index (χ1v) is 5.80. The molecule has 4 nitrogen and oxygen atoms in total. The molecule has 0 saturated carbocycles. The van der Waals surface area contributed by atoms with Crippen molar-refractivity contribution in [3.05, 3.63) is 42.2 Å². The number of aromatic nitrogens is 2. The molecule has 0 saturated heterocycles. The van der Waals surface area contributed by atoms with Crippen LogP contribution in [-0.4, -0.2) is 21.0 Å². The molecule has 4 heteroatoms. The predicted octanol–water partition coefficient (Wildman–Crippen LogP) is 2.73. The van der Waals surface area contributed by atoms with Crippen LogP contribution in [0.1, 0.15) is 12.0 Å². The van der Waals surface area contributed by atoms with E-state index < -0.39 is 5.97 Å². The average Bonchev–Trinajstić information content (AvgIpc) is 2.73. The monoisotopic (exact) mass is 240 g/mol. The highest BCUT2D eigenvalue weighted by atomic mass is 16.4. The lowest BCUT2D eigenvalue weighted by Gasteiger charge is -1.98. The Bertz CT molecular complexity index is 731. The fourth-order valence-electron chi connectivity index (χ4n) is 2.20. The highest BCUT2D eigenvalue weighted by molar-refractivity contribution is 6.06. The molecule has 3 aromatic rings. The number of pyridine rings is 1. The van der Waals surface area contributed by atoms with Crippen molar-refractivity contribution in [1.82, 2.24) is 9.97 Å². The average molecular weight is 240 g/mol. The largest absolute Gasteiger partial charge is 0.481 e. The van der Waals surface area contributed by atoms with Crippen molar-refractivity contribution >= 4 is 27.8 Å². The number of hydrogen-bond acceptors (Lipinski definition) is 2. The van der Waals surface area contributed by atoms with E-state index in [9.17, 15) is 4.79 Å². The van der Waals surface area contributed by atoms with Crippen LogP contribution in [0.15, 0.2) is 36.7 Å². The summed E-state index contributed by atoms with van der Waals surface area (Å²) in [7, 11) is 0. The van der Waals surface area contributed by atoms with Gasteiger partial charge >= 0.3 is 5.97 Å². The summed E-state index contributed by atoms with van der Waals surface area (Å²) in [5.74, 6) is -0.768. The summed E-state index contributed by atoms with van der Waals surface area (Å²) in [5.41, 5.74) is 3.11. The molecule has 2 heterocycles. The van der Waals surface area contributed by atoms with E-state index in [-0.39, 0.29) is 6.42 Å². The van der Waals surface area contributed by atoms with Crippen molar-refractivity contribution in [2.75, 3.05) is 0 Å². The fraction of sp³-hybridized carbons (Fsp3) is 0.143. The van der Waals surface area contributed by atoms with E-state index in [0.29, 0.717) is 6.42 Å². The van der Waals surface area contributed by atoms with Crippen LogP contribution < -0.4 is 0 Å². The predicted molar refractivity (Wildman–Crippen MR) is 69.6 cm³/mol. The summed E-state index contributed by atoms with van der Waals surface area (Å²) in [6.45, 7) is 0. The number of carboxylic acids is 1. The lowest BCUT2D eigenvalue weighted by atomic mass is 10.1. The summed E-state index contributed by atoms with van der Waals surface area (Å²) in [4.78, 5) is 18.0. The van der Waals surface area contributed by atoms with E-state index in [1.165, 1.54) is 0 Å². The molecule has 90 valence electrons. The summed E-state index contributed by atoms with van der Waals surface area (Å²) >= 11 is 0. The van der Waals surface area contributed by atoms with Gasteiger partial charge in [-0.1, -0.05) is 12.1 Å². The first-order chi connectivity index (χ1) is 8.74. The standard InChI is InChI=1S/C14H12N2O2/c17-14(18)4-2-9-1-3-10-11-8-15-6-5-12(11)16-13(10)7-9/h1,3,5-8,16H,2,4H2,(H,17,18). The maximum absolute atomic E-state index is 10.6. The van der Waals surface area contributed by atoms with Crippen LogP contribution in [0.25, 0.3) is 21.8 Å². The van der Waals surface area contributed by atoms with Gasteiger partial charge in [-0.05, 0) is 24.1 Å². The smallest absolute Gasteiger partial charge is 0.303 e. The van der Waals surface area contributed by atoms with Gasteiger partial charge in [-0.15, -0.1) is 0 Å². The van der Waals surface area contributed by atoms with Crippen molar-refractivity contribution in [3.63, 3.8) is 0 Å². The molecular formula is C14H12N2O2. The number of aryl methyl sites for hydroxylation is 1. The third kappa shape index (κ3) is 1.82. The fourth-order valence-corrected chi connectivity index (χ4v) is 2.20. The number of benzene rings is 1. The number of aromatic amines is 1. The molecule has 2 aromatic heterocycles. The third-order valence-corrected chi connectivity index (χ3v) is 3.09. The Kier molecular flexibility index (Phi) is 2.48. The molecule has 0 fully saturated rings. The number of nitrogens with one attached hydrogen (secondary N) is 1. The Hall–Kier alpha value is -2.36. The summed E-state index contributed by atoms with van der Waals surface area (Å²) < 4.78 is 0. The Morgan fingerprint density at radius 2 is 2.11 bits per heavy atom. The number of rotatable bonds is 3. The topological polar surface area (TPSA) is 66.0 Å². The van der Waals surface area contributed by atoms with Gasteiger partial charge in [0.25, 0.3) is 0 Å². The van der Waals surface area contributed by atoms with Gasteiger partial charge in [-0.3, -0.25) is 9.78 Å². The number of carbonyl (C=O) groups is 1. The molecule has 0 aliphatic carbocycles. The molecule has 0 amide bonds. The maximum atomic E-state index is 10.6. The lowest BCUT2D eigenvalue weighted by molar-refractivity contribution is -0.136. The molecule has 0 aliphatic heterocycles. The summed E-state index contributed by atoms with van der Waals surface area (Å²) in [6, 6.07) is 7.95. The normalized spacial score (nSPS) is 11.1.